The molecule has 3 aromatic rings. The van der Waals surface area contributed by atoms with Crippen molar-refractivity contribution in [1.29, 1.82) is 0 Å². The Labute approximate surface area is 200 Å². The number of hydrogen-bond acceptors (Lipinski definition) is 6. The Morgan fingerprint density at radius 2 is 1.82 bits per heavy atom. The topological polar surface area (TPSA) is 69.5 Å². The molecule has 1 aromatic carbocycles. The van der Waals surface area contributed by atoms with Crippen LogP contribution in [0.1, 0.15) is 42.4 Å². The van der Waals surface area contributed by atoms with E-state index in [-0.39, 0.29) is 0 Å². The van der Waals surface area contributed by atoms with Gasteiger partial charge >= 0.3 is 0 Å². The lowest BCUT2D eigenvalue weighted by Crippen LogP contribution is -2.35. The second-order valence-electron chi connectivity index (χ2n) is 9.05. The molecule has 172 valence electrons. The summed E-state index contributed by atoms with van der Waals surface area (Å²) in [5, 5.41) is 6.86. The van der Waals surface area contributed by atoms with Gasteiger partial charge in [-0.3, -0.25) is 0 Å². The van der Waals surface area contributed by atoms with Crippen LogP contribution in [0.4, 0.5) is 17.6 Å². The number of benzene rings is 1. The fourth-order valence-electron chi connectivity index (χ4n) is 4.59. The average Bonchev–Trinajstić information content (AvgIpc) is 3.43. The van der Waals surface area contributed by atoms with Crippen LogP contribution >= 0.6 is 12.2 Å². The summed E-state index contributed by atoms with van der Waals surface area (Å²) in [4.78, 5) is 14.3. The largest absolute Gasteiger partial charge is 0.465 e. The minimum Gasteiger partial charge on any atom is -0.465 e. The molecule has 1 fully saturated rings. The van der Waals surface area contributed by atoms with Gasteiger partial charge in [-0.15, -0.1) is 0 Å². The third-order valence-corrected chi connectivity index (χ3v) is 6.54. The van der Waals surface area contributed by atoms with Gasteiger partial charge in [-0.05, 0) is 61.2 Å². The quantitative estimate of drug-likeness (QED) is 0.533. The summed E-state index contributed by atoms with van der Waals surface area (Å²) < 4.78 is 5.62. The highest BCUT2D eigenvalue weighted by Gasteiger charge is 2.24. The summed E-state index contributed by atoms with van der Waals surface area (Å²) in [5.74, 6) is 4.77. The van der Waals surface area contributed by atoms with Crippen LogP contribution in [0.25, 0.3) is 0 Å². The van der Waals surface area contributed by atoms with Gasteiger partial charge in [0.05, 0.1) is 6.54 Å². The summed E-state index contributed by atoms with van der Waals surface area (Å²) in [6.07, 6.45) is 2.45. The van der Waals surface area contributed by atoms with Gasteiger partial charge in [-0.25, -0.2) is 0 Å². The second kappa shape index (κ2) is 9.39. The molecule has 5 rings (SSSR count). The highest BCUT2D eigenvalue weighted by Crippen LogP contribution is 2.31. The third-order valence-electron chi connectivity index (χ3n) is 6.29. The molecule has 0 amide bonds. The Bertz CT molecular complexity index is 1120. The first kappa shape index (κ1) is 21.7. The van der Waals surface area contributed by atoms with E-state index < -0.39 is 0 Å². The number of anilines is 3. The van der Waals surface area contributed by atoms with Crippen LogP contribution in [0.15, 0.2) is 46.9 Å². The van der Waals surface area contributed by atoms with E-state index >= 15 is 0 Å². The van der Waals surface area contributed by atoms with E-state index in [9.17, 15) is 0 Å². The van der Waals surface area contributed by atoms with Gasteiger partial charge in [0, 0.05) is 32.2 Å². The number of aryl methyl sites for hydroxylation is 1. The predicted octanol–water partition coefficient (Wildman–Crippen LogP) is 4.62. The molecule has 0 spiro atoms. The number of thiocarbonyl (C=S) groups is 1. The lowest BCUT2D eigenvalue weighted by atomic mass is 10.0. The summed E-state index contributed by atoms with van der Waals surface area (Å²) >= 11 is 5.52. The smallest absolute Gasteiger partial charge is 0.232 e. The minimum absolute atomic E-state index is 0.476. The number of fused-ring (bicyclic) bond motifs is 1. The van der Waals surface area contributed by atoms with Crippen molar-refractivity contribution in [3.05, 3.63) is 65.1 Å². The lowest BCUT2D eigenvalue weighted by Gasteiger charge is -2.32. The molecule has 0 aliphatic carbocycles. The average molecular weight is 463 g/mol. The predicted molar refractivity (Wildman–Crippen MR) is 135 cm³/mol. The fourth-order valence-corrected chi connectivity index (χ4v) is 4.75. The van der Waals surface area contributed by atoms with Crippen molar-refractivity contribution in [2.45, 2.75) is 46.3 Å². The number of rotatable bonds is 5. The summed E-state index contributed by atoms with van der Waals surface area (Å²) in [6.45, 7) is 8.47. The first-order chi connectivity index (χ1) is 16.0. The van der Waals surface area contributed by atoms with Crippen LogP contribution in [-0.4, -0.2) is 28.2 Å². The summed E-state index contributed by atoms with van der Waals surface area (Å²) in [5.41, 5.74) is 2.70. The number of nitrogens with zero attached hydrogens (tertiary/aromatic N) is 4. The van der Waals surface area contributed by atoms with Crippen molar-refractivity contribution in [1.82, 2.24) is 15.3 Å². The van der Waals surface area contributed by atoms with Gasteiger partial charge in [-0.1, -0.05) is 31.2 Å². The van der Waals surface area contributed by atoms with Crippen molar-refractivity contribution < 1.29 is 4.42 Å². The van der Waals surface area contributed by atoms with Crippen LogP contribution in [0.2, 0.25) is 0 Å². The van der Waals surface area contributed by atoms with E-state index in [1.807, 2.05) is 19.1 Å². The molecule has 0 bridgehead atoms. The number of nitrogens with one attached hydrogen (secondary N) is 2. The van der Waals surface area contributed by atoms with Crippen molar-refractivity contribution >= 4 is 34.9 Å². The molecule has 2 aliphatic rings. The fraction of sp³-hybridized carbons (Fsp3) is 0.400. The van der Waals surface area contributed by atoms with Gasteiger partial charge < -0.3 is 24.9 Å². The highest BCUT2D eigenvalue weighted by atomic mass is 32.1. The zero-order valence-electron chi connectivity index (χ0n) is 19.2. The first-order valence-electron chi connectivity index (χ1n) is 11.6. The number of aromatic nitrogens is 2. The van der Waals surface area contributed by atoms with Crippen LogP contribution in [0.5, 0.6) is 0 Å². The molecular formula is C25H30N6OS. The monoisotopic (exact) mass is 462 g/mol. The summed E-state index contributed by atoms with van der Waals surface area (Å²) in [6, 6.07) is 14.6. The maximum absolute atomic E-state index is 5.62. The lowest BCUT2D eigenvalue weighted by molar-refractivity contribution is 0.444. The standard InChI is InChI=1S/C25H30N6OS/c1-17-6-5-11-30(14-17)22-12-23(31-15-19-7-3-4-8-20(19)16-31)28-24(27-22)29-25(33)26-13-21-10-9-18(2)32-21/h3-4,7-10,12,17H,5-6,11,13-16H2,1-2H3,(H2,26,27,28,29,33)/t17-/m0/s1. The van der Waals surface area contributed by atoms with E-state index in [4.69, 9.17) is 26.6 Å². The number of furan rings is 1. The van der Waals surface area contributed by atoms with E-state index in [1.165, 1.54) is 24.0 Å². The summed E-state index contributed by atoms with van der Waals surface area (Å²) in [7, 11) is 0. The second-order valence-corrected chi connectivity index (χ2v) is 9.45. The van der Waals surface area contributed by atoms with Crippen molar-refractivity contribution in [2.75, 3.05) is 28.2 Å². The molecule has 0 radical (unpaired) electrons. The Morgan fingerprint density at radius 3 is 2.48 bits per heavy atom. The Morgan fingerprint density at radius 1 is 1.09 bits per heavy atom. The SMILES string of the molecule is Cc1ccc(CNC(=S)Nc2nc(N3Cc4ccccc4C3)cc(N3CCC[C@H](C)C3)n2)o1. The maximum Gasteiger partial charge on any atom is 0.232 e. The molecule has 2 aromatic heterocycles. The van der Waals surface area contributed by atoms with Crippen LogP contribution in [0.3, 0.4) is 0 Å². The highest BCUT2D eigenvalue weighted by molar-refractivity contribution is 7.80. The van der Waals surface area contributed by atoms with E-state index in [0.717, 1.165) is 49.3 Å². The zero-order valence-corrected chi connectivity index (χ0v) is 20.0. The first-order valence-corrected chi connectivity index (χ1v) is 12.0. The maximum atomic E-state index is 5.62. The van der Waals surface area contributed by atoms with Crippen LogP contribution in [-0.2, 0) is 19.6 Å². The molecule has 0 unspecified atom stereocenters. The molecule has 0 saturated carbocycles. The Kier molecular flexibility index (Phi) is 6.17. The van der Waals surface area contributed by atoms with Gasteiger partial charge in [0.25, 0.3) is 0 Å². The molecule has 1 atom stereocenters. The molecule has 7 nitrogen and oxygen atoms in total. The Balaban J connectivity index is 1.36. The van der Waals surface area contributed by atoms with E-state index in [0.29, 0.717) is 23.5 Å². The molecular weight excluding hydrogens is 432 g/mol. The molecule has 8 heteroatoms. The van der Waals surface area contributed by atoms with Crippen molar-refractivity contribution in [3.63, 3.8) is 0 Å². The minimum atomic E-state index is 0.476. The van der Waals surface area contributed by atoms with Crippen LogP contribution in [0, 0.1) is 12.8 Å². The number of piperidine rings is 1. The van der Waals surface area contributed by atoms with Gasteiger partial charge in [-0.2, -0.15) is 9.97 Å². The third kappa shape index (κ3) is 5.11. The zero-order chi connectivity index (χ0) is 22.8. The van der Waals surface area contributed by atoms with E-state index in [2.05, 4.69) is 57.7 Å². The van der Waals surface area contributed by atoms with Gasteiger partial charge in [0.15, 0.2) is 5.11 Å². The van der Waals surface area contributed by atoms with Gasteiger partial charge in [0.2, 0.25) is 5.95 Å². The van der Waals surface area contributed by atoms with Crippen molar-refractivity contribution in [3.8, 4) is 0 Å². The van der Waals surface area contributed by atoms with E-state index in [1.54, 1.807) is 0 Å². The van der Waals surface area contributed by atoms with Crippen LogP contribution < -0.4 is 20.4 Å². The molecule has 4 heterocycles. The molecule has 2 N–H and O–H groups in total. The molecule has 33 heavy (non-hydrogen) atoms. The molecule has 2 aliphatic heterocycles. The Hall–Kier alpha value is -3.13. The van der Waals surface area contributed by atoms with Gasteiger partial charge in [0.1, 0.15) is 23.2 Å². The number of hydrogen-bond donors (Lipinski definition) is 2. The normalized spacial score (nSPS) is 17.7. The molecule has 1 saturated heterocycles. The van der Waals surface area contributed by atoms with Crippen molar-refractivity contribution in [2.24, 2.45) is 5.92 Å².